The lowest BCUT2D eigenvalue weighted by atomic mass is 10.2. The lowest BCUT2D eigenvalue weighted by Gasteiger charge is -2.28. The standard InChI is InChI=1S/C23H26N4O2/c1-4-29-22(28)19-12-8-9-13-20(19)25-23-24-15-14-21(26-23)27(17(2)3)16-18-10-6-5-7-11-18/h5-15,17H,4,16H2,1-3H3,(H,24,25,26). The summed E-state index contributed by atoms with van der Waals surface area (Å²) >= 11 is 0. The van der Waals surface area contributed by atoms with E-state index >= 15 is 0 Å². The Morgan fingerprint density at radius 3 is 2.52 bits per heavy atom. The molecule has 0 unspecified atom stereocenters. The summed E-state index contributed by atoms with van der Waals surface area (Å²) in [4.78, 5) is 23.4. The summed E-state index contributed by atoms with van der Waals surface area (Å²) in [7, 11) is 0. The third-order valence-electron chi connectivity index (χ3n) is 4.42. The zero-order valence-electron chi connectivity index (χ0n) is 17.0. The quantitative estimate of drug-likeness (QED) is 0.557. The monoisotopic (exact) mass is 390 g/mol. The topological polar surface area (TPSA) is 67.3 Å². The lowest BCUT2D eigenvalue weighted by molar-refractivity contribution is 0.0527. The maximum absolute atomic E-state index is 12.2. The van der Waals surface area contributed by atoms with E-state index in [0.717, 1.165) is 12.4 Å². The Morgan fingerprint density at radius 1 is 1.07 bits per heavy atom. The third kappa shape index (κ3) is 5.31. The molecule has 6 heteroatoms. The molecule has 150 valence electrons. The number of nitrogens with one attached hydrogen (secondary N) is 1. The third-order valence-corrected chi connectivity index (χ3v) is 4.42. The van der Waals surface area contributed by atoms with Crippen molar-refractivity contribution in [3.8, 4) is 0 Å². The van der Waals surface area contributed by atoms with Crippen molar-refractivity contribution >= 4 is 23.4 Å². The summed E-state index contributed by atoms with van der Waals surface area (Å²) in [6.45, 7) is 7.12. The van der Waals surface area contributed by atoms with E-state index in [1.807, 2.05) is 36.4 Å². The van der Waals surface area contributed by atoms with Gasteiger partial charge in [0, 0.05) is 18.8 Å². The van der Waals surface area contributed by atoms with Crippen molar-refractivity contribution in [2.24, 2.45) is 0 Å². The molecule has 6 nitrogen and oxygen atoms in total. The number of nitrogens with zero attached hydrogens (tertiary/aromatic N) is 3. The van der Waals surface area contributed by atoms with E-state index in [1.165, 1.54) is 5.56 Å². The van der Waals surface area contributed by atoms with Crippen LogP contribution in [0.1, 0.15) is 36.7 Å². The van der Waals surface area contributed by atoms with E-state index in [-0.39, 0.29) is 12.0 Å². The molecule has 1 N–H and O–H groups in total. The Kier molecular flexibility index (Phi) is 6.79. The van der Waals surface area contributed by atoms with Crippen molar-refractivity contribution in [2.75, 3.05) is 16.8 Å². The number of anilines is 3. The lowest BCUT2D eigenvalue weighted by Crippen LogP contribution is -2.31. The summed E-state index contributed by atoms with van der Waals surface area (Å²) in [6, 6.07) is 19.6. The Labute approximate surface area is 171 Å². The van der Waals surface area contributed by atoms with Crippen LogP contribution < -0.4 is 10.2 Å². The molecule has 0 bridgehead atoms. The first-order valence-electron chi connectivity index (χ1n) is 9.75. The summed E-state index contributed by atoms with van der Waals surface area (Å²) in [5.74, 6) is 0.868. The number of carbonyl (C=O) groups is 1. The number of para-hydroxylation sites is 1. The molecular weight excluding hydrogens is 364 g/mol. The molecule has 0 aliphatic heterocycles. The van der Waals surface area contributed by atoms with Crippen LogP contribution in [0.4, 0.5) is 17.5 Å². The second-order valence-corrected chi connectivity index (χ2v) is 6.84. The molecule has 0 fully saturated rings. The largest absolute Gasteiger partial charge is 0.462 e. The van der Waals surface area contributed by atoms with Crippen molar-refractivity contribution in [1.82, 2.24) is 9.97 Å². The van der Waals surface area contributed by atoms with Crippen molar-refractivity contribution in [1.29, 1.82) is 0 Å². The number of carbonyl (C=O) groups excluding carboxylic acids is 1. The Hall–Kier alpha value is -3.41. The van der Waals surface area contributed by atoms with Crippen molar-refractivity contribution in [3.05, 3.63) is 78.0 Å². The van der Waals surface area contributed by atoms with Crippen LogP contribution in [0.15, 0.2) is 66.9 Å². The van der Waals surface area contributed by atoms with Crippen LogP contribution in [0, 0.1) is 0 Å². The SMILES string of the molecule is CCOC(=O)c1ccccc1Nc1nccc(N(Cc2ccccc2)C(C)C)n1. The predicted octanol–water partition coefficient (Wildman–Crippen LogP) is 4.81. The fourth-order valence-electron chi connectivity index (χ4n) is 2.98. The van der Waals surface area contributed by atoms with E-state index in [9.17, 15) is 4.79 Å². The first kappa shape index (κ1) is 20.3. The van der Waals surface area contributed by atoms with Gasteiger partial charge in [-0.1, -0.05) is 42.5 Å². The molecule has 3 aromatic rings. The Balaban J connectivity index is 1.85. The number of esters is 1. The Morgan fingerprint density at radius 2 is 1.79 bits per heavy atom. The first-order valence-corrected chi connectivity index (χ1v) is 9.75. The average Bonchev–Trinajstić information content (AvgIpc) is 2.73. The number of ether oxygens (including phenoxy) is 1. The molecule has 3 rings (SSSR count). The van der Waals surface area contributed by atoms with Crippen LogP contribution in [0.5, 0.6) is 0 Å². The van der Waals surface area contributed by atoms with Gasteiger partial charge >= 0.3 is 5.97 Å². The van der Waals surface area contributed by atoms with Gasteiger partial charge in [0.25, 0.3) is 0 Å². The summed E-state index contributed by atoms with van der Waals surface area (Å²) < 4.78 is 5.14. The van der Waals surface area contributed by atoms with Crippen LogP contribution in [-0.4, -0.2) is 28.6 Å². The van der Waals surface area contributed by atoms with Gasteiger partial charge in [0.05, 0.1) is 17.9 Å². The molecule has 0 amide bonds. The van der Waals surface area contributed by atoms with Gasteiger partial charge in [0.2, 0.25) is 5.95 Å². The van der Waals surface area contributed by atoms with Gasteiger partial charge in [-0.2, -0.15) is 4.98 Å². The minimum atomic E-state index is -0.375. The van der Waals surface area contributed by atoms with Gasteiger partial charge in [-0.3, -0.25) is 0 Å². The number of benzene rings is 2. The van der Waals surface area contributed by atoms with Crippen molar-refractivity contribution < 1.29 is 9.53 Å². The minimum Gasteiger partial charge on any atom is -0.462 e. The summed E-state index contributed by atoms with van der Waals surface area (Å²) in [6.07, 6.45) is 1.72. The summed E-state index contributed by atoms with van der Waals surface area (Å²) in [5.41, 5.74) is 2.28. The number of hydrogen-bond acceptors (Lipinski definition) is 6. The molecule has 0 atom stereocenters. The van der Waals surface area contributed by atoms with Crippen LogP contribution in [0.2, 0.25) is 0 Å². The number of rotatable bonds is 8. The highest BCUT2D eigenvalue weighted by atomic mass is 16.5. The highest BCUT2D eigenvalue weighted by Crippen LogP contribution is 2.23. The van der Waals surface area contributed by atoms with Gasteiger partial charge < -0.3 is 15.0 Å². The Bertz CT molecular complexity index is 944. The molecule has 1 aromatic heterocycles. The molecule has 0 saturated carbocycles. The fourth-order valence-corrected chi connectivity index (χ4v) is 2.98. The minimum absolute atomic E-state index is 0.254. The van der Waals surface area contributed by atoms with Gasteiger partial charge in [0.15, 0.2) is 0 Å². The van der Waals surface area contributed by atoms with Crippen LogP contribution in [-0.2, 0) is 11.3 Å². The predicted molar refractivity (Wildman–Crippen MR) is 115 cm³/mol. The number of aromatic nitrogens is 2. The molecule has 1 heterocycles. The number of hydrogen-bond donors (Lipinski definition) is 1. The first-order chi connectivity index (χ1) is 14.1. The van der Waals surface area contributed by atoms with Crippen molar-refractivity contribution in [2.45, 2.75) is 33.4 Å². The van der Waals surface area contributed by atoms with Crippen LogP contribution in [0.3, 0.4) is 0 Å². The summed E-state index contributed by atoms with van der Waals surface area (Å²) in [5, 5.41) is 3.16. The van der Waals surface area contributed by atoms with E-state index in [1.54, 1.807) is 25.3 Å². The van der Waals surface area contributed by atoms with E-state index in [0.29, 0.717) is 23.8 Å². The van der Waals surface area contributed by atoms with Crippen LogP contribution >= 0.6 is 0 Å². The maximum atomic E-state index is 12.2. The highest BCUT2D eigenvalue weighted by molar-refractivity contribution is 5.96. The van der Waals surface area contributed by atoms with Crippen molar-refractivity contribution in [3.63, 3.8) is 0 Å². The van der Waals surface area contributed by atoms with E-state index < -0.39 is 0 Å². The average molecular weight is 390 g/mol. The zero-order valence-corrected chi connectivity index (χ0v) is 17.0. The zero-order chi connectivity index (χ0) is 20.6. The molecule has 0 spiro atoms. The van der Waals surface area contributed by atoms with E-state index in [4.69, 9.17) is 4.74 Å². The fraction of sp³-hybridized carbons (Fsp3) is 0.261. The van der Waals surface area contributed by atoms with Crippen LogP contribution in [0.25, 0.3) is 0 Å². The normalized spacial score (nSPS) is 10.6. The molecule has 0 radical (unpaired) electrons. The van der Waals surface area contributed by atoms with E-state index in [2.05, 4.69) is 46.2 Å². The smallest absolute Gasteiger partial charge is 0.340 e. The molecular formula is C23H26N4O2. The second kappa shape index (κ2) is 9.68. The van der Waals surface area contributed by atoms with Gasteiger partial charge in [-0.25, -0.2) is 9.78 Å². The molecule has 2 aromatic carbocycles. The van der Waals surface area contributed by atoms with Gasteiger partial charge in [0.1, 0.15) is 5.82 Å². The van der Waals surface area contributed by atoms with Gasteiger partial charge in [-0.15, -0.1) is 0 Å². The maximum Gasteiger partial charge on any atom is 0.340 e. The molecule has 0 aliphatic rings. The van der Waals surface area contributed by atoms with Gasteiger partial charge in [-0.05, 0) is 44.5 Å². The second-order valence-electron chi connectivity index (χ2n) is 6.84. The molecule has 29 heavy (non-hydrogen) atoms. The highest BCUT2D eigenvalue weighted by Gasteiger charge is 2.16. The molecule has 0 aliphatic carbocycles. The molecule has 0 saturated heterocycles.